The lowest BCUT2D eigenvalue weighted by Crippen LogP contribution is -2.07. The largest absolute Gasteiger partial charge is 0.369 e. The highest BCUT2D eigenvalue weighted by molar-refractivity contribution is 7.17. The lowest BCUT2D eigenvalue weighted by Gasteiger charge is -2.09. The lowest BCUT2D eigenvalue weighted by molar-refractivity contribution is 1.01. The number of hydrogen-bond acceptors (Lipinski definition) is 4. The molecule has 3 nitrogen and oxygen atoms in total. The number of benzene rings is 2. The summed E-state index contributed by atoms with van der Waals surface area (Å²) < 4.78 is 0. The molecule has 0 aliphatic carbocycles. The van der Waals surface area contributed by atoms with Gasteiger partial charge in [0.2, 0.25) is 0 Å². The predicted molar refractivity (Wildman–Crippen MR) is 106 cm³/mol. The molecule has 2 aromatic carbocycles. The Morgan fingerprint density at radius 3 is 2.60 bits per heavy atom. The van der Waals surface area contributed by atoms with Crippen LogP contribution in [0.5, 0.6) is 0 Å². The molecule has 25 heavy (non-hydrogen) atoms. The molecule has 4 aromatic rings. The molecule has 0 fully saturated rings. The molecule has 2 aromatic heterocycles. The molecule has 0 atom stereocenters. The van der Waals surface area contributed by atoms with E-state index in [9.17, 15) is 0 Å². The molecule has 5 heteroatoms. The van der Waals surface area contributed by atoms with Crippen molar-refractivity contribution in [2.75, 3.05) is 11.9 Å². The summed E-state index contributed by atoms with van der Waals surface area (Å²) in [6.45, 7) is 0.764. The molecule has 0 unspecified atom stereocenters. The topological polar surface area (TPSA) is 37.8 Å². The van der Waals surface area contributed by atoms with Gasteiger partial charge in [0.25, 0.3) is 0 Å². The first-order valence-corrected chi connectivity index (χ1v) is 9.33. The van der Waals surface area contributed by atoms with Crippen LogP contribution in [0.15, 0.2) is 66.3 Å². The first-order chi connectivity index (χ1) is 12.3. The first kappa shape index (κ1) is 16.1. The van der Waals surface area contributed by atoms with Crippen LogP contribution in [-0.4, -0.2) is 16.5 Å². The van der Waals surface area contributed by atoms with Crippen LogP contribution in [0.3, 0.4) is 0 Å². The Labute approximate surface area is 155 Å². The summed E-state index contributed by atoms with van der Waals surface area (Å²) in [6, 6.07) is 18.3. The number of nitrogens with one attached hydrogen (secondary N) is 1. The summed E-state index contributed by atoms with van der Waals surface area (Å²) in [5.41, 5.74) is 3.48. The van der Waals surface area contributed by atoms with Gasteiger partial charge in [-0.2, -0.15) is 0 Å². The van der Waals surface area contributed by atoms with Gasteiger partial charge in [-0.3, -0.25) is 0 Å². The maximum Gasteiger partial charge on any atom is 0.138 e. The average Bonchev–Trinajstić information content (AvgIpc) is 3.09. The van der Waals surface area contributed by atoms with Gasteiger partial charge < -0.3 is 5.32 Å². The normalized spacial score (nSPS) is 10.9. The SMILES string of the molecule is Clc1ccccc1CCNc1ncnc2scc(-c3ccccc3)c12. The van der Waals surface area contributed by atoms with E-state index in [-0.39, 0.29) is 0 Å². The summed E-state index contributed by atoms with van der Waals surface area (Å²) in [6.07, 6.45) is 2.46. The van der Waals surface area contributed by atoms with Gasteiger partial charge in [0.05, 0.1) is 5.39 Å². The monoisotopic (exact) mass is 365 g/mol. The second-order valence-electron chi connectivity index (χ2n) is 5.69. The van der Waals surface area contributed by atoms with Crippen molar-refractivity contribution >= 4 is 39.0 Å². The van der Waals surface area contributed by atoms with Gasteiger partial charge in [0.15, 0.2) is 0 Å². The fourth-order valence-corrected chi connectivity index (χ4v) is 4.00. The highest BCUT2D eigenvalue weighted by Gasteiger charge is 2.12. The van der Waals surface area contributed by atoms with Crippen molar-refractivity contribution in [3.05, 3.63) is 76.9 Å². The van der Waals surface area contributed by atoms with E-state index in [1.807, 2.05) is 36.4 Å². The summed E-state index contributed by atoms with van der Waals surface area (Å²) >= 11 is 7.88. The maximum atomic E-state index is 6.24. The third-order valence-corrected chi connectivity index (χ3v) is 5.35. The van der Waals surface area contributed by atoms with E-state index >= 15 is 0 Å². The molecule has 0 spiro atoms. The molecule has 4 rings (SSSR count). The zero-order valence-corrected chi connectivity index (χ0v) is 15.0. The summed E-state index contributed by atoms with van der Waals surface area (Å²) in [7, 11) is 0. The Morgan fingerprint density at radius 2 is 1.76 bits per heavy atom. The Hall–Kier alpha value is -2.43. The number of nitrogens with zero attached hydrogens (tertiary/aromatic N) is 2. The summed E-state index contributed by atoms with van der Waals surface area (Å²) in [5, 5.41) is 7.49. The van der Waals surface area contributed by atoms with Gasteiger partial charge >= 0.3 is 0 Å². The lowest BCUT2D eigenvalue weighted by atomic mass is 10.1. The van der Waals surface area contributed by atoms with Crippen molar-refractivity contribution in [2.24, 2.45) is 0 Å². The van der Waals surface area contributed by atoms with Crippen LogP contribution in [-0.2, 0) is 6.42 Å². The van der Waals surface area contributed by atoms with Crippen LogP contribution in [0.1, 0.15) is 5.56 Å². The minimum Gasteiger partial charge on any atom is -0.369 e. The van der Waals surface area contributed by atoms with Crippen molar-refractivity contribution in [1.29, 1.82) is 0 Å². The van der Waals surface area contributed by atoms with Crippen molar-refractivity contribution in [1.82, 2.24) is 9.97 Å². The van der Waals surface area contributed by atoms with Gasteiger partial charge in [0.1, 0.15) is 17.0 Å². The van der Waals surface area contributed by atoms with E-state index in [4.69, 9.17) is 11.6 Å². The van der Waals surface area contributed by atoms with Crippen LogP contribution in [0.2, 0.25) is 5.02 Å². The minimum absolute atomic E-state index is 0.764. The molecule has 0 radical (unpaired) electrons. The van der Waals surface area contributed by atoms with Crippen molar-refractivity contribution in [2.45, 2.75) is 6.42 Å². The average molecular weight is 366 g/mol. The van der Waals surface area contributed by atoms with Crippen molar-refractivity contribution < 1.29 is 0 Å². The molecule has 0 saturated carbocycles. The Morgan fingerprint density at radius 1 is 0.960 bits per heavy atom. The van der Waals surface area contributed by atoms with Gasteiger partial charge in [-0.25, -0.2) is 9.97 Å². The quantitative estimate of drug-likeness (QED) is 0.495. The molecule has 1 N–H and O–H groups in total. The molecule has 124 valence electrons. The second-order valence-corrected chi connectivity index (χ2v) is 6.95. The van der Waals surface area contributed by atoms with Crippen LogP contribution in [0.4, 0.5) is 5.82 Å². The molecule has 0 amide bonds. The van der Waals surface area contributed by atoms with Gasteiger partial charge in [0, 0.05) is 22.5 Å². The van der Waals surface area contributed by atoms with E-state index in [1.54, 1.807) is 17.7 Å². The highest BCUT2D eigenvalue weighted by Crippen LogP contribution is 2.36. The van der Waals surface area contributed by atoms with E-state index < -0.39 is 0 Å². The molecule has 0 aliphatic heterocycles. The third-order valence-electron chi connectivity index (χ3n) is 4.10. The number of hydrogen-bond donors (Lipinski definition) is 1. The van der Waals surface area contributed by atoms with E-state index in [0.29, 0.717) is 0 Å². The van der Waals surface area contributed by atoms with Crippen molar-refractivity contribution in [3.8, 4) is 11.1 Å². The van der Waals surface area contributed by atoms with Crippen molar-refractivity contribution in [3.63, 3.8) is 0 Å². The molecule has 0 bridgehead atoms. The van der Waals surface area contributed by atoms with Crippen LogP contribution >= 0.6 is 22.9 Å². The van der Waals surface area contributed by atoms with Crippen LogP contribution < -0.4 is 5.32 Å². The van der Waals surface area contributed by atoms with Gasteiger partial charge in [-0.1, -0.05) is 60.1 Å². The van der Waals surface area contributed by atoms with Crippen LogP contribution in [0.25, 0.3) is 21.3 Å². The third kappa shape index (κ3) is 3.36. The molecule has 0 saturated heterocycles. The van der Waals surface area contributed by atoms with Gasteiger partial charge in [-0.15, -0.1) is 11.3 Å². The number of aromatic nitrogens is 2. The minimum atomic E-state index is 0.764. The fraction of sp³-hybridized carbons (Fsp3) is 0.100. The smallest absolute Gasteiger partial charge is 0.138 e. The van der Waals surface area contributed by atoms with E-state index in [2.05, 4.69) is 38.9 Å². The Balaban J connectivity index is 1.62. The van der Waals surface area contributed by atoms with E-state index in [0.717, 1.165) is 39.6 Å². The predicted octanol–water partition coefficient (Wildman–Crippen LogP) is 5.67. The molecular formula is C20H16ClN3S. The fourth-order valence-electron chi connectivity index (χ4n) is 2.86. The number of fused-ring (bicyclic) bond motifs is 1. The second kappa shape index (κ2) is 7.21. The number of anilines is 1. The summed E-state index contributed by atoms with van der Waals surface area (Å²) in [4.78, 5) is 9.88. The Kier molecular flexibility index (Phi) is 4.63. The number of rotatable bonds is 5. The highest BCUT2D eigenvalue weighted by atomic mass is 35.5. The Bertz CT molecular complexity index is 998. The zero-order chi connectivity index (χ0) is 17.1. The van der Waals surface area contributed by atoms with Gasteiger partial charge in [-0.05, 0) is 23.6 Å². The summed E-state index contributed by atoms with van der Waals surface area (Å²) in [5.74, 6) is 0.872. The number of halogens is 1. The van der Waals surface area contributed by atoms with Crippen LogP contribution in [0, 0.1) is 0 Å². The molecule has 0 aliphatic rings. The standard InChI is InChI=1S/C20H16ClN3S/c21-17-9-5-4-8-15(17)10-11-22-19-18-16(14-6-2-1-3-7-14)12-25-20(18)24-13-23-19/h1-9,12-13H,10-11H2,(H,22,23,24). The maximum absolute atomic E-state index is 6.24. The van der Waals surface area contributed by atoms with E-state index in [1.165, 1.54) is 11.1 Å². The molecular weight excluding hydrogens is 350 g/mol. The first-order valence-electron chi connectivity index (χ1n) is 8.08. The number of thiophene rings is 1. The zero-order valence-electron chi connectivity index (χ0n) is 13.4. The molecule has 2 heterocycles.